The second kappa shape index (κ2) is 7.09. The molecule has 1 aliphatic heterocycles. The number of aryl methyl sites for hydroxylation is 3. The molecule has 1 N–H and O–H groups in total. The highest BCUT2D eigenvalue weighted by molar-refractivity contribution is 7.18. The monoisotopic (exact) mass is 382 g/mol. The minimum absolute atomic E-state index is 0.00845. The first-order chi connectivity index (χ1) is 12.9. The Hall–Kier alpha value is -2.18. The molecule has 0 radical (unpaired) electrons. The third kappa shape index (κ3) is 3.39. The van der Waals surface area contributed by atoms with Crippen molar-refractivity contribution in [2.24, 2.45) is 0 Å². The van der Waals surface area contributed by atoms with E-state index in [9.17, 15) is 4.79 Å². The normalized spacial score (nSPS) is 15.6. The van der Waals surface area contributed by atoms with E-state index in [4.69, 9.17) is 4.98 Å². The molecule has 1 fully saturated rings. The largest absolute Gasteiger partial charge is 0.369 e. The third-order valence-corrected chi connectivity index (χ3v) is 6.85. The van der Waals surface area contributed by atoms with E-state index in [1.165, 1.54) is 21.7 Å². The molecule has 0 saturated carbocycles. The van der Waals surface area contributed by atoms with Gasteiger partial charge < -0.3 is 9.88 Å². The summed E-state index contributed by atoms with van der Waals surface area (Å²) >= 11 is 1.61. The predicted octanol–water partition coefficient (Wildman–Crippen LogP) is 3.54. The van der Waals surface area contributed by atoms with Crippen LogP contribution in [0.25, 0.3) is 10.2 Å². The Labute approximate surface area is 163 Å². The van der Waals surface area contributed by atoms with E-state index >= 15 is 0 Å². The fraction of sp³-hybridized carbons (Fsp3) is 0.429. The Morgan fingerprint density at radius 2 is 1.81 bits per heavy atom. The Bertz CT molecular complexity index is 1040. The van der Waals surface area contributed by atoms with E-state index < -0.39 is 0 Å². The molecule has 0 spiro atoms. The van der Waals surface area contributed by atoms with E-state index in [0.717, 1.165) is 47.8 Å². The number of nitrogens with one attached hydrogen (secondary N) is 1. The van der Waals surface area contributed by atoms with Crippen molar-refractivity contribution in [3.63, 3.8) is 0 Å². The minimum Gasteiger partial charge on any atom is -0.369 e. The van der Waals surface area contributed by atoms with Gasteiger partial charge in [-0.05, 0) is 50.5 Å². The first-order valence-electron chi connectivity index (χ1n) is 9.46. The lowest BCUT2D eigenvalue weighted by Gasteiger charge is -2.36. The van der Waals surface area contributed by atoms with E-state index in [1.807, 2.05) is 13.8 Å². The summed E-state index contributed by atoms with van der Waals surface area (Å²) in [6, 6.07) is 6.52. The number of rotatable bonds is 3. The van der Waals surface area contributed by atoms with Crippen molar-refractivity contribution in [1.29, 1.82) is 0 Å². The molecule has 0 amide bonds. The third-order valence-electron chi connectivity index (χ3n) is 5.75. The van der Waals surface area contributed by atoms with Crippen molar-refractivity contribution in [2.45, 2.75) is 34.2 Å². The number of piperazine rings is 1. The van der Waals surface area contributed by atoms with Crippen LogP contribution in [0.3, 0.4) is 0 Å². The molecule has 1 aliphatic rings. The van der Waals surface area contributed by atoms with Gasteiger partial charge in [0.25, 0.3) is 5.56 Å². The van der Waals surface area contributed by atoms with Crippen LogP contribution < -0.4 is 10.5 Å². The average Bonchev–Trinajstić information content (AvgIpc) is 2.92. The number of aromatic amines is 1. The number of aromatic nitrogens is 2. The lowest BCUT2D eigenvalue weighted by atomic mass is 10.1. The number of anilines is 1. The number of fused-ring (bicyclic) bond motifs is 1. The topological polar surface area (TPSA) is 52.2 Å². The molecule has 1 saturated heterocycles. The molecule has 1 aromatic carbocycles. The summed E-state index contributed by atoms with van der Waals surface area (Å²) in [4.78, 5) is 27.0. The maximum Gasteiger partial charge on any atom is 0.259 e. The second-order valence-electron chi connectivity index (χ2n) is 7.46. The van der Waals surface area contributed by atoms with Crippen LogP contribution >= 0.6 is 11.3 Å². The maximum absolute atomic E-state index is 12.5. The van der Waals surface area contributed by atoms with Gasteiger partial charge in [0.2, 0.25) is 0 Å². The number of hydrogen-bond donors (Lipinski definition) is 1. The Kier molecular flexibility index (Phi) is 4.78. The Balaban J connectivity index is 1.47. The standard InChI is InChI=1S/C21H26N4OS/c1-13-6-5-7-17(14(13)2)25-10-8-24(9-11-25)12-18-22-20(26)19-15(3)16(4)27-21(19)23-18/h5-7H,8-12H2,1-4H3,(H,22,23,26). The summed E-state index contributed by atoms with van der Waals surface area (Å²) in [5.74, 6) is 0.772. The zero-order valence-corrected chi connectivity index (χ0v) is 17.2. The molecule has 3 heterocycles. The highest BCUT2D eigenvalue weighted by atomic mass is 32.1. The first-order valence-corrected chi connectivity index (χ1v) is 10.3. The van der Waals surface area contributed by atoms with Gasteiger partial charge >= 0.3 is 0 Å². The van der Waals surface area contributed by atoms with Crippen LogP contribution in [-0.4, -0.2) is 41.0 Å². The molecule has 3 aromatic rings. The average molecular weight is 383 g/mol. The molecule has 6 heteroatoms. The maximum atomic E-state index is 12.5. The van der Waals surface area contributed by atoms with Crippen LogP contribution in [0.4, 0.5) is 5.69 Å². The van der Waals surface area contributed by atoms with Gasteiger partial charge in [0.1, 0.15) is 10.7 Å². The van der Waals surface area contributed by atoms with Gasteiger partial charge in [-0.15, -0.1) is 11.3 Å². The quantitative estimate of drug-likeness (QED) is 0.753. The summed E-state index contributed by atoms with van der Waals surface area (Å²) in [6.07, 6.45) is 0. The number of thiophene rings is 1. The van der Waals surface area contributed by atoms with Crippen molar-refractivity contribution in [3.8, 4) is 0 Å². The van der Waals surface area contributed by atoms with Crippen LogP contribution in [0.15, 0.2) is 23.0 Å². The van der Waals surface area contributed by atoms with E-state index in [0.29, 0.717) is 6.54 Å². The van der Waals surface area contributed by atoms with Crippen molar-refractivity contribution >= 4 is 27.2 Å². The fourth-order valence-corrected chi connectivity index (χ4v) is 4.86. The molecule has 0 unspecified atom stereocenters. The van der Waals surface area contributed by atoms with Crippen LogP contribution in [-0.2, 0) is 6.54 Å². The van der Waals surface area contributed by atoms with Crippen LogP contribution in [0.1, 0.15) is 27.4 Å². The van der Waals surface area contributed by atoms with Crippen molar-refractivity contribution in [3.05, 3.63) is 55.9 Å². The first kappa shape index (κ1) is 18.2. The van der Waals surface area contributed by atoms with Gasteiger partial charge in [0.15, 0.2) is 0 Å². The second-order valence-corrected chi connectivity index (χ2v) is 8.66. The molecular formula is C21H26N4OS. The number of H-pyrrole nitrogens is 1. The summed E-state index contributed by atoms with van der Waals surface area (Å²) in [5.41, 5.74) is 5.09. The number of nitrogens with zero attached hydrogens (tertiary/aromatic N) is 3. The highest BCUT2D eigenvalue weighted by Gasteiger charge is 2.20. The number of hydrogen-bond acceptors (Lipinski definition) is 5. The summed E-state index contributed by atoms with van der Waals surface area (Å²) in [6.45, 7) is 13.0. The van der Waals surface area contributed by atoms with E-state index in [1.54, 1.807) is 11.3 Å². The summed E-state index contributed by atoms with van der Waals surface area (Å²) in [7, 11) is 0. The van der Waals surface area contributed by atoms with Gasteiger partial charge in [-0.1, -0.05) is 12.1 Å². The Morgan fingerprint density at radius 1 is 1.07 bits per heavy atom. The molecule has 0 atom stereocenters. The van der Waals surface area contributed by atoms with Gasteiger partial charge in [-0.2, -0.15) is 0 Å². The lowest BCUT2D eigenvalue weighted by molar-refractivity contribution is 0.244. The van der Waals surface area contributed by atoms with E-state index in [-0.39, 0.29) is 5.56 Å². The van der Waals surface area contributed by atoms with Crippen LogP contribution in [0.2, 0.25) is 0 Å². The van der Waals surface area contributed by atoms with Gasteiger partial charge in [-0.3, -0.25) is 9.69 Å². The molecule has 0 bridgehead atoms. The molecule has 5 nitrogen and oxygen atoms in total. The highest BCUT2D eigenvalue weighted by Crippen LogP contribution is 2.26. The van der Waals surface area contributed by atoms with Gasteiger partial charge in [-0.25, -0.2) is 4.98 Å². The van der Waals surface area contributed by atoms with Crippen molar-refractivity contribution < 1.29 is 0 Å². The molecule has 4 rings (SSSR count). The van der Waals surface area contributed by atoms with Crippen molar-refractivity contribution in [1.82, 2.24) is 14.9 Å². The molecule has 142 valence electrons. The summed E-state index contributed by atoms with van der Waals surface area (Å²) in [5, 5.41) is 0.751. The van der Waals surface area contributed by atoms with Crippen molar-refractivity contribution in [2.75, 3.05) is 31.1 Å². The summed E-state index contributed by atoms with van der Waals surface area (Å²) < 4.78 is 0. The minimum atomic E-state index is -0.00845. The zero-order chi connectivity index (χ0) is 19.1. The molecular weight excluding hydrogens is 356 g/mol. The molecule has 27 heavy (non-hydrogen) atoms. The Morgan fingerprint density at radius 3 is 2.56 bits per heavy atom. The van der Waals surface area contributed by atoms with Gasteiger partial charge in [0.05, 0.1) is 11.9 Å². The zero-order valence-electron chi connectivity index (χ0n) is 16.4. The van der Waals surface area contributed by atoms with Crippen LogP contribution in [0.5, 0.6) is 0 Å². The predicted molar refractivity (Wildman–Crippen MR) is 113 cm³/mol. The lowest BCUT2D eigenvalue weighted by Crippen LogP contribution is -2.46. The van der Waals surface area contributed by atoms with Gasteiger partial charge in [0, 0.05) is 36.7 Å². The number of benzene rings is 1. The fourth-order valence-electron chi connectivity index (χ4n) is 3.81. The van der Waals surface area contributed by atoms with E-state index in [2.05, 4.69) is 46.8 Å². The molecule has 2 aromatic heterocycles. The van der Waals surface area contributed by atoms with Crippen LogP contribution in [0, 0.1) is 27.7 Å². The smallest absolute Gasteiger partial charge is 0.259 e. The molecule has 0 aliphatic carbocycles. The SMILES string of the molecule is Cc1cccc(N2CCN(Cc3nc4sc(C)c(C)c4c(=O)[nH]3)CC2)c1C.